The van der Waals surface area contributed by atoms with Gasteiger partial charge in [0.2, 0.25) is 0 Å². The van der Waals surface area contributed by atoms with E-state index in [1.54, 1.807) is 43.9 Å². The second-order valence-corrected chi connectivity index (χ2v) is 12.0. The number of nitriles is 1. The van der Waals surface area contributed by atoms with Gasteiger partial charge >= 0.3 is 187 Å². The molecule has 44 heavy (non-hydrogen) atoms. The summed E-state index contributed by atoms with van der Waals surface area (Å²) < 4.78 is 55.5. The average molecular weight is 828 g/mol. The molecule has 3 aromatic carbocycles. The Morgan fingerprint density at radius 2 is 1.84 bits per heavy atom. The molecule has 226 valence electrons. The molecule has 1 aliphatic heterocycles. The fourth-order valence-electron chi connectivity index (χ4n) is 5.26. The number of hydrogen-bond acceptors (Lipinski definition) is 7. The molecule has 13 heteroatoms. The number of piperazine rings is 1. The number of nitrogens with zero attached hydrogens (tertiary/aromatic N) is 5. The molecule has 2 heterocycles. The first-order valence-corrected chi connectivity index (χ1v) is 15.5. The summed E-state index contributed by atoms with van der Waals surface area (Å²) in [6.45, 7) is 5.61. The third-order valence-corrected chi connectivity index (χ3v) is 7.51. The number of carbonyl (C=O) groups is 1. The second kappa shape index (κ2) is 14.3. The van der Waals surface area contributed by atoms with Crippen molar-refractivity contribution in [2.24, 2.45) is 0 Å². The molecule has 4 aromatic rings. The van der Waals surface area contributed by atoms with Gasteiger partial charge in [-0.15, -0.1) is 0 Å². The van der Waals surface area contributed by atoms with E-state index < -0.39 is 35.4 Å². The second-order valence-electron chi connectivity index (χ2n) is 10.9. The predicted molar refractivity (Wildman–Crippen MR) is 174 cm³/mol. The number of ether oxygens (including phenoxy) is 1. The number of aromatic nitrogens is 2. The zero-order valence-corrected chi connectivity index (χ0v) is 31.2. The number of amides is 1. The zero-order chi connectivity index (χ0) is 30.2. The quantitative estimate of drug-likeness (QED) is 0.0677. The normalized spacial score (nSPS) is 14.6. The van der Waals surface area contributed by atoms with Gasteiger partial charge < -0.3 is 23.1 Å². The number of hydrogen-bond donors (Lipinski definition) is 0. The van der Waals surface area contributed by atoms with Crippen molar-refractivity contribution in [2.45, 2.75) is 38.8 Å². The fraction of sp³-hybridized carbons (Fsp3) is 0.290. The molecule has 1 aliphatic rings. The molecule has 1 amide bonds. The average Bonchev–Trinajstić information content (AvgIpc) is 2.93. The van der Waals surface area contributed by atoms with Gasteiger partial charge in [0.25, 0.3) is 0 Å². The summed E-state index contributed by atoms with van der Waals surface area (Å²) in [4.78, 5) is 23.5. The smallest absolute Gasteiger partial charge is 0.813 e. The van der Waals surface area contributed by atoms with Crippen molar-refractivity contribution >= 4 is 82.7 Å². The van der Waals surface area contributed by atoms with Crippen molar-refractivity contribution < 1.29 is 22.7 Å². The fourth-order valence-corrected chi connectivity index (χ4v) is 5.87. The van der Waals surface area contributed by atoms with Crippen LogP contribution in [0.2, 0.25) is 0 Å². The molecule has 5 rings (SSSR count). The Kier molecular flexibility index (Phi) is 11.5. The molecule has 0 spiro atoms. The van der Waals surface area contributed by atoms with Crippen molar-refractivity contribution in [2.75, 3.05) is 24.5 Å². The Balaban J connectivity index is 0.00000264. The molecule has 0 bridgehead atoms. The maximum absolute atomic E-state index is 16.3. The SMILES string of the molecule is CC(C)(C)OC(=O)N1CCN(c2nc(F)nc3c(F)c(-c4cccc5cccc(C#[C][Tl])c45)c(F)cc23)C[C@@H]1CC#N.P.[SH-]. The number of anilines is 1. The molecule has 1 saturated heterocycles. The third kappa shape index (κ3) is 7.06. The first-order chi connectivity index (χ1) is 20.0. The van der Waals surface area contributed by atoms with Crippen LogP contribution in [0.1, 0.15) is 32.8 Å². The van der Waals surface area contributed by atoms with E-state index in [1.165, 1.54) is 4.90 Å². The molecule has 1 fully saturated rings. The predicted octanol–water partition coefficient (Wildman–Crippen LogP) is 5.47. The molecular formula is C31H29F3N5O2PSTl-. The van der Waals surface area contributed by atoms with E-state index in [9.17, 15) is 14.4 Å². The van der Waals surface area contributed by atoms with Crippen LogP contribution in [-0.4, -0.2) is 78.0 Å². The first-order valence-electron chi connectivity index (χ1n) is 13.2. The Bertz CT molecular complexity index is 1830. The summed E-state index contributed by atoms with van der Waals surface area (Å²) in [5.74, 6) is 1.17. The summed E-state index contributed by atoms with van der Waals surface area (Å²) in [7, 11) is 0. The van der Waals surface area contributed by atoms with Gasteiger partial charge in [-0.1, -0.05) is 0 Å². The van der Waals surface area contributed by atoms with Gasteiger partial charge in [-0.05, 0) is 20.8 Å². The summed E-state index contributed by atoms with van der Waals surface area (Å²) in [5, 5.41) is 10.8. The van der Waals surface area contributed by atoms with Crippen LogP contribution in [0.15, 0.2) is 42.5 Å². The zero-order valence-electron chi connectivity index (χ0n) is 24.4. The van der Waals surface area contributed by atoms with E-state index in [4.69, 9.17) is 4.74 Å². The van der Waals surface area contributed by atoms with Crippen molar-refractivity contribution in [3.63, 3.8) is 0 Å². The van der Waals surface area contributed by atoms with Crippen LogP contribution in [0.25, 0.3) is 32.8 Å². The van der Waals surface area contributed by atoms with E-state index in [1.807, 2.05) is 18.2 Å². The van der Waals surface area contributed by atoms with Gasteiger partial charge in [-0.25, -0.2) is 4.79 Å². The van der Waals surface area contributed by atoms with E-state index in [0.29, 0.717) is 36.7 Å². The third-order valence-electron chi connectivity index (χ3n) is 6.95. The van der Waals surface area contributed by atoms with E-state index in [-0.39, 0.29) is 77.3 Å². The minimum absolute atomic E-state index is 0. The standard InChI is InChI=1S/C31H25F3N5O2.H3P.H2S.Tl/c1-5-18-8-6-9-19-10-7-11-21(24(18)19)25-23(32)16-22-27(26(25)33)36-29(34)37-28(22)38-14-15-39(20(17-38)12-13-35)30(40)41-31(2,3)4;;;/h6-11,16,20H,12,14-15,17H2,2-4H3;1H3;1H2;/p-1/t20-;;;/m0.../s1. The van der Waals surface area contributed by atoms with Crippen LogP contribution in [0.5, 0.6) is 0 Å². The van der Waals surface area contributed by atoms with Gasteiger partial charge in [0.05, 0.1) is 18.5 Å². The van der Waals surface area contributed by atoms with Crippen LogP contribution in [0.3, 0.4) is 0 Å². The van der Waals surface area contributed by atoms with Gasteiger partial charge in [0.15, 0.2) is 0 Å². The molecular weight excluding hydrogens is 799 g/mol. The number of thiol groups is 1. The van der Waals surface area contributed by atoms with Gasteiger partial charge in [-0.3, -0.25) is 0 Å². The monoisotopic (exact) mass is 828 g/mol. The minimum Gasteiger partial charge on any atom is -0.813 e. The van der Waals surface area contributed by atoms with Crippen molar-refractivity contribution in [1.82, 2.24) is 14.9 Å². The number of rotatable bonds is 3. The van der Waals surface area contributed by atoms with E-state index >= 15 is 8.78 Å². The van der Waals surface area contributed by atoms with E-state index in [0.717, 1.165) is 11.5 Å². The van der Waals surface area contributed by atoms with Gasteiger partial charge in [-0.2, -0.15) is 15.2 Å². The van der Waals surface area contributed by atoms with Crippen LogP contribution >= 0.6 is 9.90 Å². The first kappa shape index (κ1) is 35.4. The number of benzene rings is 3. The minimum atomic E-state index is -1.18. The Morgan fingerprint density at radius 1 is 1.14 bits per heavy atom. The number of fused-ring (bicyclic) bond motifs is 2. The summed E-state index contributed by atoms with van der Waals surface area (Å²) in [6.07, 6.45) is -1.78. The number of carbonyl (C=O) groups excluding carboxylic acids is 1. The van der Waals surface area contributed by atoms with Gasteiger partial charge in [0, 0.05) is 6.54 Å². The molecule has 0 N–H and O–H groups in total. The molecule has 7 nitrogen and oxygen atoms in total. The summed E-state index contributed by atoms with van der Waals surface area (Å²) in [6, 6.07) is 13.2. The van der Waals surface area contributed by atoms with Crippen LogP contribution in [-0.2, 0) is 18.2 Å². The Morgan fingerprint density at radius 3 is 2.50 bits per heavy atom. The van der Waals surface area contributed by atoms with Crippen molar-refractivity contribution in [3.05, 3.63) is 65.7 Å². The van der Waals surface area contributed by atoms with Gasteiger partial charge in [0.1, 0.15) is 5.60 Å². The molecule has 0 saturated carbocycles. The Labute approximate surface area is 279 Å². The van der Waals surface area contributed by atoms with Crippen LogP contribution in [0.4, 0.5) is 23.8 Å². The molecule has 1 aromatic heterocycles. The van der Waals surface area contributed by atoms with Crippen molar-refractivity contribution in [1.29, 1.82) is 5.26 Å². The Hall–Kier alpha value is -3.13. The topological polar surface area (TPSA) is 82.3 Å². The number of halogens is 3. The van der Waals surface area contributed by atoms with Crippen LogP contribution < -0.4 is 4.90 Å². The van der Waals surface area contributed by atoms with Crippen LogP contribution in [0, 0.1) is 38.4 Å². The van der Waals surface area contributed by atoms with Crippen molar-refractivity contribution in [3.8, 4) is 26.6 Å². The van der Waals surface area contributed by atoms with E-state index in [2.05, 4.69) is 25.4 Å². The molecule has 2 atom stereocenters. The summed E-state index contributed by atoms with van der Waals surface area (Å²) in [5.41, 5.74) is -0.511. The summed E-state index contributed by atoms with van der Waals surface area (Å²) >= 11 is 0.420. The maximum atomic E-state index is 16.3. The molecule has 0 radical (unpaired) electrons. The molecule has 1 unspecified atom stereocenters. The molecule has 0 aliphatic carbocycles.